The van der Waals surface area contributed by atoms with Crippen LogP contribution in [0.1, 0.15) is 19.4 Å². The van der Waals surface area contributed by atoms with E-state index >= 15 is 0 Å². The summed E-state index contributed by atoms with van der Waals surface area (Å²) in [7, 11) is 5.36. The molecule has 0 aliphatic carbocycles. The molecule has 19 heavy (non-hydrogen) atoms. The van der Waals surface area contributed by atoms with Gasteiger partial charge in [-0.15, -0.1) is 0 Å². The third-order valence-electron chi connectivity index (χ3n) is 3.05. The third kappa shape index (κ3) is 4.73. The molecule has 0 radical (unpaired) electrons. The second-order valence-electron chi connectivity index (χ2n) is 5.67. The fourth-order valence-corrected chi connectivity index (χ4v) is 2.13. The molecule has 4 nitrogen and oxygen atoms in total. The first-order valence-electron chi connectivity index (χ1n) is 6.42. The van der Waals surface area contributed by atoms with E-state index in [1.807, 2.05) is 39.1 Å². The van der Waals surface area contributed by atoms with Crippen LogP contribution in [0.25, 0.3) is 0 Å². The molecule has 0 saturated carbocycles. The van der Waals surface area contributed by atoms with Crippen LogP contribution in [0.4, 0.5) is 0 Å². The molecule has 108 valence electrons. The Labute approximate surface area is 115 Å². The Morgan fingerprint density at radius 3 is 2.42 bits per heavy atom. The predicted octanol–water partition coefficient (Wildman–Crippen LogP) is 2.15. The molecule has 0 bridgehead atoms. The first-order valence-corrected chi connectivity index (χ1v) is 6.42. The zero-order valence-corrected chi connectivity index (χ0v) is 12.6. The SMILES string of the molecule is COc1ccc(OC)c(CN(C)CC(C)(C)CO)c1. The van der Waals surface area contributed by atoms with E-state index in [4.69, 9.17) is 9.47 Å². The standard InChI is InChI=1S/C15H25NO3/c1-15(2,11-17)10-16(3)9-12-8-13(18-4)6-7-14(12)19-5/h6-8,17H,9-11H2,1-5H3. The number of aliphatic hydroxyl groups excluding tert-OH is 1. The molecule has 0 unspecified atom stereocenters. The van der Waals surface area contributed by atoms with Crippen LogP contribution in [-0.2, 0) is 6.54 Å². The number of rotatable bonds is 7. The minimum atomic E-state index is -0.110. The van der Waals surface area contributed by atoms with Crippen molar-refractivity contribution in [1.29, 1.82) is 0 Å². The van der Waals surface area contributed by atoms with Crippen LogP contribution >= 0.6 is 0 Å². The van der Waals surface area contributed by atoms with Crippen molar-refractivity contribution in [3.63, 3.8) is 0 Å². The molecule has 0 aliphatic rings. The number of ether oxygens (including phenoxy) is 2. The van der Waals surface area contributed by atoms with Gasteiger partial charge in [0.1, 0.15) is 11.5 Å². The lowest BCUT2D eigenvalue weighted by Crippen LogP contribution is -2.33. The van der Waals surface area contributed by atoms with Gasteiger partial charge in [0.05, 0.1) is 14.2 Å². The Bertz CT molecular complexity index is 404. The van der Waals surface area contributed by atoms with Crippen molar-refractivity contribution in [1.82, 2.24) is 4.90 Å². The Balaban J connectivity index is 2.80. The van der Waals surface area contributed by atoms with Crippen LogP contribution in [-0.4, -0.2) is 44.4 Å². The molecule has 1 N–H and O–H groups in total. The molecular weight excluding hydrogens is 242 g/mol. The Hall–Kier alpha value is -1.26. The van der Waals surface area contributed by atoms with Crippen molar-refractivity contribution in [2.75, 3.05) is 34.4 Å². The quantitative estimate of drug-likeness (QED) is 0.822. The van der Waals surface area contributed by atoms with Crippen molar-refractivity contribution in [2.45, 2.75) is 20.4 Å². The van der Waals surface area contributed by atoms with E-state index in [0.29, 0.717) is 0 Å². The largest absolute Gasteiger partial charge is 0.497 e. The lowest BCUT2D eigenvalue weighted by Gasteiger charge is -2.28. The highest BCUT2D eigenvalue weighted by atomic mass is 16.5. The summed E-state index contributed by atoms with van der Waals surface area (Å²) in [5, 5.41) is 9.32. The molecule has 1 aromatic carbocycles. The van der Waals surface area contributed by atoms with Gasteiger partial charge in [-0.2, -0.15) is 0 Å². The molecule has 0 aromatic heterocycles. The highest BCUT2D eigenvalue weighted by Crippen LogP contribution is 2.26. The van der Waals surface area contributed by atoms with E-state index in [2.05, 4.69) is 4.90 Å². The van der Waals surface area contributed by atoms with E-state index in [-0.39, 0.29) is 12.0 Å². The minimum Gasteiger partial charge on any atom is -0.497 e. The summed E-state index contributed by atoms with van der Waals surface area (Å²) in [6.45, 7) is 5.83. The summed E-state index contributed by atoms with van der Waals surface area (Å²) in [5.41, 5.74) is 0.971. The van der Waals surface area contributed by atoms with Crippen LogP contribution in [0.3, 0.4) is 0 Å². The summed E-state index contributed by atoms with van der Waals surface area (Å²) in [6, 6.07) is 5.79. The maximum absolute atomic E-state index is 9.32. The Kier molecular flexibility index (Phi) is 5.63. The lowest BCUT2D eigenvalue weighted by molar-refractivity contribution is 0.112. The van der Waals surface area contributed by atoms with Crippen molar-refractivity contribution in [3.8, 4) is 11.5 Å². The summed E-state index contributed by atoms with van der Waals surface area (Å²) in [5.74, 6) is 1.68. The van der Waals surface area contributed by atoms with Gasteiger partial charge in [-0.05, 0) is 25.2 Å². The molecule has 0 spiro atoms. The number of aliphatic hydroxyl groups is 1. The van der Waals surface area contributed by atoms with Crippen LogP contribution in [0.2, 0.25) is 0 Å². The third-order valence-corrected chi connectivity index (χ3v) is 3.05. The Morgan fingerprint density at radius 1 is 1.21 bits per heavy atom. The maximum atomic E-state index is 9.32. The number of hydrogen-bond donors (Lipinski definition) is 1. The molecule has 0 atom stereocenters. The average molecular weight is 267 g/mol. The fraction of sp³-hybridized carbons (Fsp3) is 0.600. The second kappa shape index (κ2) is 6.78. The van der Waals surface area contributed by atoms with E-state index in [1.165, 1.54) is 0 Å². The van der Waals surface area contributed by atoms with Gasteiger partial charge in [0.15, 0.2) is 0 Å². The van der Waals surface area contributed by atoms with Crippen molar-refractivity contribution < 1.29 is 14.6 Å². The van der Waals surface area contributed by atoms with Gasteiger partial charge in [-0.3, -0.25) is 0 Å². The van der Waals surface area contributed by atoms with Crippen molar-refractivity contribution >= 4 is 0 Å². The van der Waals surface area contributed by atoms with Crippen LogP contribution in [0.5, 0.6) is 11.5 Å². The molecule has 0 amide bonds. The lowest BCUT2D eigenvalue weighted by atomic mass is 9.94. The van der Waals surface area contributed by atoms with E-state index in [1.54, 1.807) is 14.2 Å². The van der Waals surface area contributed by atoms with Crippen molar-refractivity contribution in [2.24, 2.45) is 5.41 Å². The van der Waals surface area contributed by atoms with E-state index in [9.17, 15) is 5.11 Å². The molecule has 0 aliphatic heterocycles. The predicted molar refractivity (Wildman–Crippen MR) is 76.7 cm³/mol. The number of methoxy groups -OCH3 is 2. The fourth-order valence-electron chi connectivity index (χ4n) is 2.13. The smallest absolute Gasteiger partial charge is 0.123 e. The highest BCUT2D eigenvalue weighted by molar-refractivity contribution is 5.40. The van der Waals surface area contributed by atoms with E-state index in [0.717, 1.165) is 30.2 Å². The first-order chi connectivity index (χ1) is 8.91. The molecular formula is C15H25NO3. The summed E-state index contributed by atoms with van der Waals surface area (Å²) < 4.78 is 10.6. The van der Waals surface area contributed by atoms with Gasteiger partial charge < -0.3 is 19.5 Å². The maximum Gasteiger partial charge on any atom is 0.123 e. The monoisotopic (exact) mass is 267 g/mol. The topological polar surface area (TPSA) is 41.9 Å². The van der Waals surface area contributed by atoms with Crippen LogP contribution in [0.15, 0.2) is 18.2 Å². The minimum absolute atomic E-state index is 0.110. The Morgan fingerprint density at radius 2 is 1.89 bits per heavy atom. The molecule has 1 rings (SSSR count). The van der Waals surface area contributed by atoms with Gasteiger partial charge in [0.2, 0.25) is 0 Å². The van der Waals surface area contributed by atoms with Gasteiger partial charge in [0.25, 0.3) is 0 Å². The molecule has 0 saturated heterocycles. The van der Waals surface area contributed by atoms with Gasteiger partial charge >= 0.3 is 0 Å². The molecule has 1 aromatic rings. The van der Waals surface area contributed by atoms with E-state index < -0.39 is 0 Å². The number of nitrogens with zero attached hydrogens (tertiary/aromatic N) is 1. The highest BCUT2D eigenvalue weighted by Gasteiger charge is 2.19. The normalized spacial score (nSPS) is 11.7. The van der Waals surface area contributed by atoms with Crippen molar-refractivity contribution in [3.05, 3.63) is 23.8 Å². The number of benzene rings is 1. The summed E-state index contributed by atoms with van der Waals surface area (Å²) >= 11 is 0. The molecule has 0 heterocycles. The first kappa shape index (κ1) is 15.8. The zero-order chi connectivity index (χ0) is 14.5. The zero-order valence-electron chi connectivity index (χ0n) is 12.6. The van der Waals surface area contributed by atoms with Gasteiger partial charge in [0, 0.05) is 30.7 Å². The molecule has 4 heteroatoms. The van der Waals surface area contributed by atoms with Gasteiger partial charge in [-0.25, -0.2) is 0 Å². The average Bonchev–Trinajstić information content (AvgIpc) is 2.37. The molecule has 0 fully saturated rings. The summed E-state index contributed by atoms with van der Waals surface area (Å²) in [6.07, 6.45) is 0. The number of hydrogen-bond acceptors (Lipinski definition) is 4. The van der Waals surface area contributed by atoms with Crippen LogP contribution < -0.4 is 9.47 Å². The van der Waals surface area contributed by atoms with Crippen LogP contribution in [0, 0.1) is 5.41 Å². The van der Waals surface area contributed by atoms with Gasteiger partial charge in [-0.1, -0.05) is 13.8 Å². The second-order valence-corrected chi connectivity index (χ2v) is 5.67. The summed E-state index contributed by atoms with van der Waals surface area (Å²) in [4.78, 5) is 2.17.